The zero-order chi connectivity index (χ0) is 6.69. The number of hydrogen-bond donors (Lipinski definition) is 0. The summed E-state index contributed by atoms with van der Waals surface area (Å²) in [6.45, 7) is 0. The molecule has 3 nitrogen and oxygen atoms in total. The van der Waals surface area contributed by atoms with Crippen molar-refractivity contribution in [2.24, 2.45) is 4.99 Å². The van der Waals surface area contributed by atoms with E-state index in [2.05, 4.69) is 4.99 Å². The smallest absolute Gasteiger partial charge is 0.278 e. The molecule has 0 aliphatic carbocycles. The summed E-state index contributed by atoms with van der Waals surface area (Å²) in [5.74, 6) is -0.236. The number of ether oxygens (including phenoxy) is 1. The summed E-state index contributed by atoms with van der Waals surface area (Å²) in [7, 11) is 1.48. The molecule has 0 bridgehead atoms. The lowest BCUT2D eigenvalue weighted by atomic mass is 10.3. The van der Waals surface area contributed by atoms with Crippen LogP contribution in [0.15, 0.2) is 17.1 Å². The molecule has 9 heavy (non-hydrogen) atoms. The van der Waals surface area contributed by atoms with Crippen LogP contribution in [0.1, 0.15) is 0 Å². The minimum atomic E-state index is -0.463. The molecule has 0 fully saturated rings. The second-order valence-electron chi connectivity index (χ2n) is 1.66. The number of carbonyl (C=O) groups excluding carboxylic acids is 1. The Hall–Kier alpha value is -0.960. The summed E-state index contributed by atoms with van der Waals surface area (Å²) >= 11 is 0. The number of nitrogens with zero attached hydrogens (tertiary/aromatic N) is 1. The van der Waals surface area contributed by atoms with E-state index in [-0.39, 0.29) is 5.91 Å². The van der Waals surface area contributed by atoms with E-state index < -0.39 is 6.10 Å². The van der Waals surface area contributed by atoms with Crippen LogP contribution < -0.4 is 0 Å². The predicted octanol–water partition coefficient (Wildman–Crippen LogP) is 0.169. The lowest BCUT2D eigenvalue weighted by molar-refractivity contribution is -0.125. The van der Waals surface area contributed by atoms with Crippen molar-refractivity contribution in [2.45, 2.75) is 6.10 Å². The molecule has 0 aromatic carbocycles. The predicted molar refractivity (Wildman–Crippen MR) is 33.4 cm³/mol. The summed E-state index contributed by atoms with van der Waals surface area (Å²) < 4.78 is 4.75. The molecule has 1 rings (SSSR count). The third-order valence-corrected chi connectivity index (χ3v) is 1.07. The van der Waals surface area contributed by atoms with Crippen molar-refractivity contribution < 1.29 is 9.53 Å². The van der Waals surface area contributed by atoms with Gasteiger partial charge in [0.2, 0.25) is 0 Å². The summed E-state index contributed by atoms with van der Waals surface area (Å²) in [6.07, 6.45) is 4.35. The first-order chi connectivity index (χ1) is 4.34. The normalized spacial score (nSPS) is 25.0. The summed E-state index contributed by atoms with van der Waals surface area (Å²) in [6, 6.07) is 0. The van der Waals surface area contributed by atoms with Crippen molar-refractivity contribution in [3.8, 4) is 0 Å². The van der Waals surface area contributed by atoms with Crippen molar-refractivity contribution in [3.63, 3.8) is 0 Å². The number of hydrogen-bond acceptors (Lipinski definition) is 2. The van der Waals surface area contributed by atoms with Crippen molar-refractivity contribution in [2.75, 3.05) is 7.11 Å². The van der Waals surface area contributed by atoms with Crippen LogP contribution >= 0.6 is 0 Å². The van der Waals surface area contributed by atoms with Crippen LogP contribution in [0.25, 0.3) is 0 Å². The van der Waals surface area contributed by atoms with E-state index in [1.165, 1.54) is 13.3 Å². The van der Waals surface area contributed by atoms with Gasteiger partial charge < -0.3 is 4.74 Å². The number of aliphatic imine (C=N–C) groups is 1. The van der Waals surface area contributed by atoms with Gasteiger partial charge in [-0.05, 0) is 12.2 Å². The maximum absolute atomic E-state index is 10.7. The van der Waals surface area contributed by atoms with E-state index in [9.17, 15) is 4.79 Å². The van der Waals surface area contributed by atoms with Gasteiger partial charge in [-0.15, -0.1) is 0 Å². The Bertz CT molecular complexity index is 172. The van der Waals surface area contributed by atoms with E-state index in [0.717, 1.165) is 0 Å². The zero-order valence-electron chi connectivity index (χ0n) is 5.07. The molecule has 1 heterocycles. The van der Waals surface area contributed by atoms with E-state index in [1.807, 2.05) is 0 Å². The van der Waals surface area contributed by atoms with Crippen molar-refractivity contribution in [1.29, 1.82) is 0 Å². The number of methoxy groups -OCH3 is 1. The fourth-order valence-electron chi connectivity index (χ4n) is 0.602. The highest BCUT2D eigenvalue weighted by molar-refractivity contribution is 5.95. The van der Waals surface area contributed by atoms with Gasteiger partial charge in [-0.3, -0.25) is 4.79 Å². The Kier molecular flexibility index (Phi) is 1.75. The molecule has 0 spiro atoms. The molecule has 1 aliphatic rings. The zero-order valence-corrected chi connectivity index (χ0v) is 5.07. The summed E-state index contributed by atoms with van der Waals surface area (Å²) in [4.78, 5) is 14.2. The highest BCUT2D eigenvalue weighted by Gasteiger charge is 2.13. The third-order valence-electron chi connectivity index (χ3n) is 1.07. The molecule has 3 heteroatoms. The highest BCUT2D eigenvalue weighted by atomic mass is 16.5. The molecule has 0 saturated carbocycles. The molecular weight excluding hydrogens is 118 g/mol. The molecule has 0 radical (unpaired) electrons. The largest absolute Gasteiger partial charge is 0.367 e. The van der Waals surface area contributed by atoms with Crippen LogP contribution in [0.4, 0.5) is 0 Å². The molecule has 1 aliphatic heterocycles. The van der Waals surface area contributed by atoms with Gasteiger partial charge in [-0.1, -0.05) is 0 Å². The van der Waals surface area contributed by atoms with Crippen LogP contribution in [-0.2, 0) is 9.53 Å². The van der Waals surface area contributed by atoms with Gasteiger partial charge in [0.05, 0.1) is 0 Å². The van der Waals surface area contributed by atoms with Gasteiger partial charge in [0.25, 0.3) is 5.91 Å². The maximum Gasteiger partial charge on any atom is 0.278 e. The Balaban J connectivity index is 2.66. The van der Waals surface area contributed by atoms with Crippen LogP contribution in [0, 0.1) is 0 Å². The molecule has 0 unspecified atom stereocenters. The Morgan fingerprint density at radius 3 is 3.00 bits per heavy atom. The van der Waals surface area contributed by atoms with Crippen LogP contribution in [0.5, 0.6) is 0 Å². The maximum atomic E-state index is 10.7. The average Bonchev–Trinajstić information content (AvgIpc) is 1.89. The third kappa shape index (κ3) is 1.23. The second kappa shape index (κ2) is 2.55. The minimum absolute atomic E-state index is 0.236. The topological polar surface area (TPSA) is 38.7 Å². The summed E-state index contributed by atoms with van der Waals surface area (Å²) in [5, 5.41) is 0. The van der Waals surface area contributed by atoms with Gasteiger partial charge >= 0.3 is 0 Å². The SMILES string of the molecule is CO[C@@H]1C=CC=NC1=O. The van der Waals surface area contributed by atoms with E-state index in [4.69, 9.17) is 4.74 Å². The van der Waals surface area contributed by atoms with Gasteiger partial charge in [0, 0.05) is 13.3 Å². The molecule has 0 aromatic rings. The van der Waals surface area contributed by atoms with Crippen molar-refractivity contribution in [3.05, 3.63) is 12.2 Å². The highest BCUT2D eigenvalue weighted by Crippen LogP contribution is 1.98. The van der Waals surface area contributed by atoms with E-state index >= 15 is 0 Å². The Morgan fingerprint density at radius 2 is 2.56 bits per heavy atom. The lowest BCUT2D eigenvalue weighted by Crippen LogP contribution is -2.20. The van der Waals surface area contributed by atoms with Crippen LogP contribution in [-0.4, -0.2) is 25.3 Å². The molecular formula is C6H7NO2. The Labute approximate surface area is 53.0 Å². The van der Waals surface area contributed by atoms with Crippen molar-refractivity contribution >= 4 is 12.1 Å². The lowest BCUT2D eigenvalue weighted by Gasteiger charge is -2.06. The number of rotatable bonds is 1. The standard InChI is InChI=1S/C6H7NO2/c1-9-5-3-2-4-7-6(5)8/h2-5H,1H3/t5-/m1/s1. The fourth-order valence-corrected chi connectivity index (χ4v) is 0.602. The first-order valence-corrected chi connectivity index (χ1v) is 2.62. The summed E-state index contributed by atoms with van der Waals surface area (Å²) in [5.41, 5.74) is 0. The number of amides is 1. The molecule has 0 aromatic heterocycles. The minimum Gasteiger partial charge on any atom is -0.367 e. The van der Waals surface area contributed by atoms with Gasteiger partial charge in [0.1, 0.15) is 0 Å². The molecule has 0 N–H and O–H groups in total. The molecule has 0 saturated heterocycles. The first-order valence-electron chi connectivity index (χ1n) is 2.62. The van der Waals surface area contributed by atoms with Gasteiger partial charge in [-0.25, -0.2) is 4.99 Å². The Morgan fingerprint density at radius 1 is 1.78 bits per heavy atom. The number of dihydropyridines is 1. The first kappa shape index (κ1) is 6.16. The van der Waals surface area contributed by atoms with Crippen LogP contribution in [0.2, 0.25) is 0 Å². The quantitative estimate of drug-likeness (QED) is 0.501. The second-order valence-corrected chi connectivity index (χ2v) is 1.66. The monoisotopic (exact) mass is 125 g/mol. The fraction of sp³-hybridized carbons (Fsp3) is 0.333. The van der Waals surface area contributed by atoms with E-state index in [0.29, 0.717) is 0 Å². The van der Waals surface area contributed by atoms with Gasteiger partial charge in [0.15, 0.2) is 6.10 Å². The molecule has 48 valence electrons. The molecule has 1 atom stereocenters. The number of carbonyl (C=O) groups is 1. The van der Waals surface area contributed by atoms with Gasteiger partial charge in [-0.2, -0.15) is 0 Å². The number of allylic oxidation sites excluding steroid dienone is 1. The van der Waals surface area contributed by atoms with Crippen molar-refractivity contribution in [1.82, 2.24) is 0 Å². The average molecular weight is 125 g/mol. The van der Waals surface area contributed by atoms with Crippen LogP contribution in [0.3, 0.4) is 0 Å². The van der Waals surface area contributed by atoms with E-state index in [1.54, 1.807) is 12.2 Å². The molecule has 1 amide bonds.